The van der Waals surface area contributed by atoms with Crippen molar-refractivity contribution in [1.82, 2.24) is 21.3 Å². The first kappa shape index (κ1) is 28.1. The highest BCUT2D eigenvalue weighted by Gasteiger charge is 2.26. The van der Waals surface area contributed by atoms with Gasteiger partial charge in [0.2, 0.25) is 23.6 Å². The first-order chi connectivity index (χ1) is 14.3. The van der Waals surface area contributed by atoms with Crippen LogP contribution in [0.1, 0.15) is 33.6 Å². The van der Waals surface area contributed by atoms with Crippen molar-refractivity contribution in [3.8, 4) is 0 Å². The predicted molar refractivity (Wildman–Crippen MR) is 111 cm³/mol. The molecule has 0 aliphatic carbocycles. The normalized spacial score (nSPS) is 15.4. The number of hydrogen-bond donors (Lipinski definition) is 8. The van der Waals surface area contributed by atoms with Crippen molar-refractivity contribution in [2.75, 3.05) is 5.75 Å². The lowest BCUT2D eigenvalue weighted by Crippen LogP contribution is -2.55. The van der Waals surface area contributed by atoms with E-state index in [1.54, 1.807) is 0 Å². The van der Waals surface area contributed by atoms with Crippen molar-refractivity contribution in [3.63, 3.8) is 0 Å². The summed E-state index contributed by atoms with van der Waals surface area (Å²) >= 11 is 3.98. The van der Waals surface area contributed by atoms with Gasteiger partial charge < -0.3 is 37.2 Å². The molecule has 31 heavy (non-hydrogen) atoms. The highest BCUT2D eigenvalue weighted by molar-refractivity contribution is 7.80. The monoisotopic (exact) mass is 463 g/mol. The molecule has 0 aromatic heterocycles. The summed E-state index contributed by atoms with van der Waals surface area (Å²) in [6, 6.07) is -5.64. The molecule has 0 saturated carbocycles. The van der Waals surface area contributed by atoms with Crippen molar-refractivity contribution in [3.05, 3.63) is 0 Å². The zero-order valence-corrected chi connectivity index (χ0v) is 18.3. The third-order valence-corrected chi connectivity index (χ3v) is 4.37. The summed E-state index contributed by atoms with van der Waals surface area (Å²) in [6.45, 7) is 3.96. The summed E-state index contributed by atoms with van der Waals surface area (Å²) in [6.07, 6.45) is -0.563. The van der Waals surface area contributed by atoms with Gasteiger partial charge in [-0.25, -0.2) is 4.79 Å². The van der Waals surface area contributed by atoms with Crippen molar-refractivity contribution < 1.29 is 39.0 Å². The molecule has 8 N–H and O–H groups in total. The second kappa shape index (κ2) is 13.4. The van der Waals surface area contributed by atoms with Gasteiger partial charge in [0, 0.05) is 12.2 Å². The molecule has 0 aromatic carbocycles. The molecule has 0 unspecified atom stereocenters. The number of nitrogens with two attached hydrogens (primary N) is 1. The first-order valence-electron chi connectivity index (χ1n) is 9.32. The number of rotatable bonds is 13. The topological polar surface area (TPSA) is 217 Å². The molecule has 0 aromatic rings. The number of nitrogens with one attached hydrogen (secondary N) is 4. The van der Waals surface area contributed by atoms with E-state index >= 15 is 0 Å². The van der Waals surface area contributed by atoms with E-state index in [4.69, 9.17) is 15.9 Å². The Morgan fingerprint density at radius 2 is 1.32 bits per heavy atom. The number of hydrogen-bond acceptors (Lipinski definition) is 8. The molecular weight excluding hydrogens is 434 g/mol. The third-order valence-electron chi connectivity index (χ3n) is 4.00. The lowest BCUT2D eigenvalue weighted by molar-refractivity contribution is -0.142. The minimum atomic E-state index is -1.35. The Hall–Kier alpha value is -2.87. The molecule has 13 nitrogen and oxygen atoms in total. The minimum Gasteiger partial charge on any atom is -0.480 e. The number of carbonyl (C=O) groups is 6. The number of carboxylic acid groups (broad SMARTS) is 2. The van der Waals surface area contributed by atoms with E-state index in [0.717, 1.165) is 0 Å². The van der Waals surface area contributed by atoms with E-state index < -0.39 is 65.8 Å². The maximum Gasteiger partial charge on any atom is 0.326 e. The Morgan fingerprint density at radius 3 is 1.77 bits per heavy atom. The maximum atomic E-state index is 12.3. The Morgan fingerprint density at radius 1 is 0.774 bits per heavy atom. The number of carbonyl (C=O) groups excluding carboxylic acids is 4. The van der Waals surface area contributed by atoms with E-state index in [1.807, 2.05) is 0 Å². The molecule has 0 aliphatic rings. The molecule has 0 fully saturated rings. The summed E-state index contributed by atoms with van der Waals surface area (Å²) in [5.41, 5.74) is 5.37. The average molecular weight is 464 g/mol. The fraction of sp³-hybridized carbons (Fsp3) is 0.647. The van der Waals surface area contributed by atoms with E-state index in [-0.39, 0.29) is 18.6 Å². The van der Waals surface area contributed by atoms with Crippen LogP contribution in [0.4, 0.5) is 0 Å². The van der Waals surface area contributed by atoms with Crippen molar-refractivity contribution in [2.45, 2.75) is 63.8 Å². The number of carboxylic acids is 2. The highest BCUT2D eigenvalue weighted by Crippen LogP contribution is 2.01. The van der Waals surface area contributed by atoms with Crippen LogP contribution in [0.2, 0.25) is 0 Å². The first-order valence-corrected chi connectivity index (χ1v) is 9.95. The van der Waals surface area contributed by atoms with Gasteiger partial charge >= 0.3 is 11.9 Å². The summed E-state index contributed by atoms with van der Waals surface area (Å²) in [7, 11) is 0. The van der Waals surface area contributed by atoms with Crippen LogP contribution in [0, 0.1) is 0 Å². The molecule has 0 rings (SSSR count). The molecule has 14 heteroatoms. The van der Waals surface area contributed by atoms with Crippen LogP contribution in [-0.2, 0) is 28.8 Å². The summed E-state index contributed by atoms with van der Waals surface area (Å²) in [5, 5.41) is 27.0. The smallest absolute Gasteiger partial charge is 0.326 e. The van der Waals surface area contributed by atoms with Crippen LogP contribution in [-0.4, -0.2) is 81.7 Å². The van der Waals surface area contributed by atoms with Gasteiger partial charge in [0.1, 0.15) is 24.2 Å². The van der Waals surface area contributed by atoms with Gasteiger partial charge in [-0.15, -0.1) is 0 Å². The molecule has 0 radical (unpaired) electrons. The van der Waals surface area contributed by atoms with E-state index in [1.165, 1.54) is 20.8 Å². The Balaban J connectivity index is 4.75. The molecule has 4 amide bonds. The van der Waals surface area contributed by atoms with Crippen LogP contribution in [0.5, 0.6) is 0 Å². The molecule has 176 valence electrons. The molecule has 0 spiro atoms. The maximum absolute atomic E-state index is 12.3. The van der Waals surface area contributed by atoms with Gasteiger partial charge in [0.05, 0.1) is 6.04 Å². The summed E-state index contributed by atoms with van der Waals surface area (Å²) in [4.78, 5) is 69.8. The zero-order chi connectivity index (χ0) is 24.3. The third kappa shape index (κ3) is 10.6. The number of thiol groups is 1. The van der Waals surface area contributed by atoms with E-state index in [2.05, 4.69) is 33.9 Å². The lowest BCUT2D eigenvalue weighted by atomic mass is 10.1. The van der Waals surface area contributed by atoms with Crippen LogP contribution in [0.25, 0.3) is 0 Å². The van der Waals surface area contributed by atoms with Crippen molar-refractivity contribution in [1.29, 1.82) is 0 Å². The second-order valence-electron chi connectivity index (χ2n) is 6.83. The fourth-order valence-electron chi connectivity index (χ4n) is 2.08. The van der Waals surface area contributed by atoms with E-state index in [9.17, 15) is 28.8 Å². The van der Waals surface area contributed by atoms with Gasteiger partial charge in [-0.2, -0.15) is 12.6 Å². The second-order valence-corrected chi connectivity index (χ2v) is 7.19. The predicted octanol–water partition coefficient (Wildman–Crippen LogP) is -2.81. The van der Waals surface area contributed by atoms with Gasteiger partial charge in [0.15, 0.2) is 0 Å². The largest absolute Gasteiger partial charge is 0.480 e. The van der Waals surface area contributed by atoms with Crippen LogP contribution < -0.4 is 27.0 Å². The average Bonchev–Trinajstić information content (AvgIpc) is 2.67. The summed E-state index contributed by atoms with van der Waals surface area (Å²) in [5.74, 6) is -5.56. The molecule has 5 atom stereocenters. The Bertz CT molecular complexity index is 702. The van der Waals surface area contributed by atoms with Gasteiger partial charge in [-0.05, 0) is 27.2 Å². The fourth-order valence-corrected chi connectivity index (χ4v) is 2.33. The van der Waals surface area contributed by atoms with Gasteiger partial charge in [-0.3, -0.25) is 24.0 Å². The minimum absolute atomic E-state index is 0.124. The van der Waals surface area contributed by atoms with Crippen LogP contribution in [0.15, 0.2) is 0 Å². The molecule has 0 aliphatic heterocycles. The van der Waals surface area contributed by atoms with Crippen LogP contribution >= 0.6 is 12.6 Å². The Kier molecular flexibility index (Phi) is 12.2. The van der Waals surface area contributed by atoms with Gasteiger partial charge in [0.25, 0.3) is 0 Å². The number of amides is 4. The molecule has 0 bridgehead atoms. The standard InChI is InChI=1S/C17H29N5O8S/c1-7(18)13(24)22-10(17(29)30)4-5-12(23)21-11(6-31)15(26)19-8(2)14(25)20-9(3)16(27)28/h7-11,31H,4-6,18H2,1-3H3,(H,19,26)(H,20,25)(H,21,23)(H,22,24)(H,27,28)(H,29,30)/t7-,8+,9+,10+,11-/m0/s1. The van der Waals surface area contributed by atoms with E-state index in [0.29, 0.717) is 0 Å². The highest BCUT2D eigenvalue weighted by atomic mass is 32.1. The van der Waals surface area contributed by atoms with Crippen LogP contribution in [0.3, 0.4) is 0 Å². The van der Waals surface area contributed by atoms with Crippen molar-refractivity contribution >= 4 is 48.2 Å². The molecule has 0 heterocycles. The van der Waals surface area contributed by atoms with Gasteiger partial charge in [-0.1, -0.05) is 0 Å². The number of aliphatic carboxylic acids is 2. The molecular formula is C17H29N5O8S. The Labute approximate surface area is 184 Å². The van der Waals surface area contributed by atoms with Crippen molar-refractivity contribution in [2.24, 2.45) is 5.73 Å². The molecule has 0 saturated heterocycles. The lowest BCUT2D eigenvalue weighted by Gasteiger charge is -2.21. The quantitative estimate of drug-likeness (QED) is 0.132. The SMILES string of the molecule is C[C@H](N)C(=O)N[C@H](CCC(=O)N[C@@H](CS)C(=O)N[C@H](C)C(=O)N[C@H](C)C(=O)O)C(=O)O. The zero-order valence-electron chi connectivity index (χ0n) is 17.4. The summed E-state index contributed by atoms with van der Waals surface area (Å²) < 4.78 is 0.